The summed E-state index contributed by atoms with van der Waals surface area (Å²) in [5.41, 5.74) is -0.471. The molecule has 3 rings (SSSR count). The molecule has 90 valence electrons. The first-order valence-corrected chi connectivity index (χ1v) is 6.30. The molecule has 3 heteroatoms. The van der Waals surface area contributed by atoms with Crippen molar-refractivity contribution in [2.75, 3.05) is 0 Å². The van der Waals surface area contributed by atoms with Gasteiger partial charge in [0.05, 0.1) is 6.10 Å². The first-order chi connectivity index (χ1) is 7.43. The number of fused-ring (bicyclic) bond motifs is 3. The Morgan fingerprint density at radius 2 is 2.12 bits per heavy atom. The van der Waals surface area contributed by atoms with Crippen molar-refractivity contribution < 1.29 is 14.6 Å². The number of aliphatic hydroxyl groups is 1. The summed E-state index contributed by atoms with van der Waals surface area (Å²) in [6.45, 7) is 5.95. The van der Waals surface area contributed by atoms with Crippen molar-refractivity contribution in [3.8, 4) is 0 Å². The molecule has 3 fully saturated rings. The lowest BCUT2D eigenvalue weighted by Gasteiger charge is -2.45. The van der Waals surface area contributed by atoms with Gasteiger partial charge in [-0.2, -0.15) is 0 Å². The number of hydrogen-bond acceptors (Lipinski definition) is 3. The van der Waals surface area contributed by atoms with Gasteiger partial charge in [0, 0.05) is 5.41 Å². The molecular formula is C13H20O3. The third-order valence-electron chi connectivity index (χ3n) is 5.65. The molecule has 0 amide bonds. The highest BCUT2D eigenvalue weighted by molar-refractivity contribution is 5.89. The number of ketones is 1. The summed E-state index contributed by atoms with van der Waals surface area (Å²) in [5.74, 6) is 0.961. The Morgan fingerprint density at radius 3 is 2.75 bits per heavy atom. The Morgan fingerprint density at radius 1 is 1.44 bits per heavy atom. The summed E-state index contributed by atoms with van der Waals surface area (Å²) >= 11 is 0. The zero-order valence-electron chi connectivity index (χ0n) is 10.2. The molecule has 6 unspecified atom stereocenters. The normalized spacial score (nSPS) is 59.0. The van der Waals surface area contributed by atoms with Gasteiger partial charge in [-0.15, -0.1) is 0 Å². The predicted molar refractivity (Wildman–Crippen MR) is 58.9 cm³/mol. The van der Waals surface area contributed by atoms with Crippen LogP contribution in [0.4, 0.5) is 0 Å². The van der Waals surface area contributed by atoms with Crippen LogP contribution >= 0.6 is 0 Å². The van der Waals surface area contributed by atoms with E-state index in [2.05, 4.69) is 13.8 Å². The Kier molecular flexibility index (Phi) is 1.93. The Bertz CT molecular complexity index is 353. The van der Waals surface area contributed by atoms with E-state index in [1.165, 1.54) is 0 Å². The molecule has 0 aromatic heterocycles. The van der Waals surface area contributed by atoms with Crippen molar-refractivity contribution in [1.29, 1.82) is 0 Å². The SMILES string of the molecule is CC(=O)C12CC3CCC(O)C(C)C3(C)C1O2. The minimum absolute atomic E-state index is 0.00331. The zero-order chi connectivity index (χ0) is 11.7. The van der Waals surface area contributed by atoms with Crippen LogP contribution in [0.15, 0.2) is 0 Å². The number of hydrogen-bond donors (Lipinski definition) is 1. The number of rotatable bonds is 1. The van der Waals surface area contributed by atoms with Crippen LogP contribution in [0.25, 0.3) is 0 Å². The van der Waals surface area contributed by atoms with Gasteiger partial charge in [-0.25, -0.2) is 0 Å². The molecule has 0 radical (unpaired) electrons. The van der Waals surface area contributed by atoms with Gasteiger partial charge in [-0.05, 0) is 38.0 Å². The molecule has 0 spiro atoms. The summed E-state index contributed by atoms with van der Waals surface area (Å²) < 4.78 is 5.73. The highest BCUT2D eigenvalue weighted by Crippen LogP contribution is 2.68. The number of carbonyl (C=O) groups is 1. The van der Waals surface area contributed by atoms with Crippen molar-refractivity contribution in [2.45, 2.75) is 57.8 Å². The molecule has 16 heavy (non-hydrogen) atoms. The van der Waals surface area contributed by atoms with E-state index in [0.29, 0.717) is 5.92 Å². The number of carbonyl (C=O) groups excluding carboxylic acids is 1. The molecule has 0 bridgehead atoms. The maximum atomic E-state index is 11.7. The minimum Gasteiger partial charge on any atom is -0.393 e. The number of epoxide rings is 1. The fourth-order valence-corrected chi connectivity index (χ4v) is 4.23. The van der Waals surface area contributed by atoms with Crippen molar-refractivity contribution in [2.24, 2.45) is 17.3 Å². The molecule has 1 saturated heterocycles. The molecule has 6 atom stereocenters. The van der Waals surface area contributed by atoms with Gasteiger partial charge >= 0.3 is 0 Å². The molecule has 2 saturated carbocycles. The first-order valence-electron chi connectivity index (χ1n) is 6.30. The average molecular weight is 224 g/mol. The van der Waals surface area contributed by atoms with Gasteiger partial charge in [0.15, 0.2) is 11.4 Å². The summed E-state index contributed by atoms with van der Waals surface area (Å²) in [4.78, 5) is 11.7. The summed E-state index contributed by atoms with van der Waals surface area (Å²) in [6.07, 6.45) is 2.63. The van der Waals surface area contributed by atoms with Crippen LogP contribution in [0.2, 0.25) is 0 Å². The topological polar surface area (TPSA) is 49.8 Å². The largest absolute Gasteiger partial charge is 0.393 e. The van der Waals surface area contributed by atoms with Crippen molar-refractivity contribution in [3.05, 3.63) is 0 Å². The molecule has 2 aliphatic carbocycles. The Hall–Kier alpha value is -0.410. The van der Waals surface area contributed by atoms with E-state index in [9.17, 15) is 9.90 Å². The fraction of sp³-hybridized carbons (Fsp3) is 0.923. The quantitative estimate of drug-likeness (QED) is 0.687. The minimum atomic E-state index is -0.474. The molecule has 3 aliphatic rings. The van der Waals surface area contributed by atoms with Gasteiger partial charge in [0.2, 0.25) is 0 Å². The number of ether oxygens (including phenoxy) is 1. The van der Waals surface area contributed by atoms with E-state index >= 15 is 0 Å². The monoisotopic (exact) mass is 224 g/mol. The second-order valence-corrected chi connectivity index (χ2v) is 6.14. The third kappa shape index (κ3) is 0.992. The van der Waals surface area contributed by atoms with Crippen molar-refractivity contribution >= 4 is 5.78 Å². The smallest absolute Gasteiger partial charge is 0.164 e. The first kappa shape index (κ1) is 10.7. The maximum absolute atomic E-state index is 11.7. The fourth-order valence-electron chi connectivity index (χ4n) is 4.23. The van der Waals surface area contributed by atoms with Gasteiger partial charge in [-0.1, -0.05) is 13.8 Å². The highest BCUT2D eigenvalue weighted by Gasteiger charge is 2.77. The lowest BCUT2D eigenvalue weighted by Crippen LogP contribution is -2.45. The van der Waals surface area contributed by atoms with E-state index in [0.717, 1.165) is 19.3 Å². The van der Waals surface area contributed by atoms with Crippen molar-refractivity contribution in [3.63, 3.8) is 0 Å². The van der Waals surface area contributed by atoms with Crippen LogP contribution < -0.4 is 0 Å². The van der Waals surface area contributed by atoms with Crippen LogP contribution in [0, 0.1) is 17.3 Å². The van der Waals surface area contributed by atoms with E-state index in [1.807, 2.05) is 0 Å². The summed E-state index contributed by atoms with van der Waals surface area (Å²) in [7, 11) is 0. The molecule has 1 aliphatic heterocycles. The molecule has 0 aromatic carbocycles. The van der Waals surface area contributed by atoms with E-state index in [4.69, 9.17) is 4.74 Å². The lowest BCUT2D eigenvalue weighted by molar-refractivity contribution is -0.123. The van der Waals surface area contributed by atoms with Crippen molar-refractivity contribution in [1.82, 2.24) is 0 Å². The summed E-state index contributed by atoms with van der Waals surface area (Å²) in [6, 6.07) is 0. The Labute approximate surface area is 96.2 Å². The molecular weight excluding hydrogens is 204 g/mol. The standard InChI is InChI=1S/C13H20O3/c1-7-10(15)5-4-9-6-13(8(2)14)11(16-13)12(7,9)3/h7,9-11,15H,4-6H2,1-3H3. The predicted octanol–water partition coefficient (Wildman–Crippen LogP) is 1.53. The van der Waals surface area contributed by atoms with Crippen LogP contribution in [-0.4, -0.2) is 28.7 Å². The zero-order valence-corrected chi connectivity index (χ0v) is 10.2. The van der Waals surface area contributed by atoms with Crippen LogP contribution in [-0.2, 0) is 9.53 Å². The Balaban J connectivity index is 1.96. The average Bonchev–Trinajstić information content (AvgIpc) is 2.91. The van der Waals surface area contributed by atoms with Crippen LogP contribution in [0.3, 0.4) is 0 Å². The maximum Gasteiger partial charge on any atom is 0.164 e. The van der Waals surface area contributed by atoms with Gasteiger partial charge in [-0.3, -0.25) is 4.79 Å². The second-order valence-electron chi connectivity index (χ2n) is 6.14. The number of aliphatic hydroxyl groups excluding tert-OH is 1. The van der Waals surface area contributed by atoms with Gasteiger partial charge < -0.3 is 9.84 Å². The molecule has 1 N–H and O–H groups in total. The molecule has 0 aromatic rings. The molecule has 1 heterocycles. The van der Waals surface area contributed by atoms with Crippen LogP contribution in [0.5, 0.6) is 0 Å². The molecule has 3 nitrogen and oxygen atoms in total. The van der Waals surface area contributed by atoms with E-state index in [1.54, 1.807) is 6.92 Å². The number of Topliss-reactive ketones (excluding diaryl/α,β-unsaturated/α-hetero) is 1. The second kappa shape index (κ2) is 2.88. The van der Waals surface area contributed by atoms with Crippen LogP contribution in [0.1, 0.15) is 40.0 Å². The lowest BCUT2D eigenvalue weighted by atomic mass is 9.61. The van der Waals surface area contributed by atoms with Gasteiger partial charge in [0.1, 0.15) is 6.10 Å². The third-order valence-corrected chi connectivity index (χ3v) is 5.65. The summed E-state index contributed by atoms with van der Waals surface area (Å²) in [5, 5.41) is 10.0. The highest BCUT2D eigenvalue weighted by atomic mass is 16.6. The van der Waals surface area contributed by atoms with Gasteiger partial charge in [0.25, 0.3) is 0 Å². The van der Waals surface area contributed by atoms with E-state index in [-0.39, 0.29) is 29.3 Å². The van der Waals surface area contributed by atoms with E-state index < -0.39 is 5.60 Å².